The number of rotatable bonds is 4. The van der Waals surface area contributed by atoms with E-state index >= 15 is 0 Å². The van der Waals surface area contributed by atoms with Crippen LogP contribution in [0.1, 0.15) is 28.3 Å². The van der Waals surface area contributed by atoms with Gasteiger partial charge in [-0.2, -0.15) is 0 Å². The van der Waals surface area contributed by atoms with E-state index in [4.69, 9.17) is 11.6 Å². The Bertz CT molecular complexity index is 642. The molecule has 102 valence electrons. The number of carboxylic acids is 1. The van der Waals surface area contributed by atoms with Gasteiger partial charge >= 0.3 is 5.97 Å². The van der Waals surface area contributed by atoms with Crippen LogP contribution in [0, 0.1) is 0 Å². The van der Waals surface area contributed by atoms with E-state index in [-0.39, 0.29) is 16.6 Å². The molecule has 3 nitrogen and oxygen atoms in total. The van der Waals surface area contributed by atoms with Gasteiger partial charge in [-0.1, -0.05) is 48.0 Å². The van der Waals surface area contributed by atoms with Crippen molar-refractivity contribution in [1.29, 1.82) is 0 Å². The van der Waals surface area contributed by atoms with Gasteiger partial charge in [0.25, 0.3) is 0 Å². The lowest BCUT2D eigenvalue weighted by Crippen LogP contribution is -2.10. The molecule has 2 unspecified atom stereocenters. The van der Waals surface area contributed by atoms with Crippen molar-refractivity contribution >= 4 is 23.3 Å². The van der Waals surface area contributed by atoms with Gasteiger partial charge in [0.2, 0.25) is 0 Å². The Morgan fingerprint density at radius 2 is 1.90 bits per heavy atom. The molecule has 1 aliphatic carbocycles. The summed E-state index contributed by atoms with van der Waals surface area (Å²) in [5.74, 6) is -0.563. The van der Waals surface area contributed by atoms with Crippen LogP contribution >= 0.6 is 11.6 Å². The first-order chi connectivity index (χ1) is 9.66. The Balaban J connectivity index is 1.78. The van der Waals surface area contributed by atoms with E-state index in [9.17, 15) is 9.90 Å². The highest BCUT2D eigenvalue weighted by molar-refractivity contribution is 6.34. The van der Waals surface area contributed by atoms with E-state index in [2.05, 4.69) is 17.4 Å². The summed E-state index contributed by atoms with van der Waals surface area (Å²) in [5.41, 5.74) is 2.02. The molecule has 0 radical (unpaired) electrons. The fourth-order valence-electron chi connectivity index (χ4n) is 2.48. The summed E-state index contributed by atoms with van der Waals surface area (Å²) >= 11 is 5.96. The van der Waals surface area contributed by atoms with Crippen molar-refractivity contribution in [2.45, 2.75) is 18.4 Å². The lowest BCUT2D eigenvalue weighted by Gasteiger charge is -2.10. The average molecular weight is 288 g/mol. The molecule has 4 heteroatoms. The monoisotopic (exact) mass is 287 g/mol. The fraction of sp³-hybridized carbons (Fsp3) is 0.188. The van der Waals surface area contributed by atoms with E-state index in [1.807, 2.05) is 18.2 Å². The maximum atomic E-state index is 11.3. The minimum atomic E-state index is -1.00. The van der Waals surface area contributed by atoms with E-state index in [1.54, 1.807) is 18.2 Å². The maximum absolute atomic E-state index is 11.3. The Kier molecular flexibility index (Phi) is 3.36. The second-order valence-electron chi connectivity index (χ2n) is 4.97. The van der Waals surface area contributed by atoms with Gasteiger partial charge < -0.3 is 10.4 Å². The summed E-state index contributed by atoms with van der Waals surface area (Å²) in [7, 11) is 0. The van der Waals surface area contributed by atoms with Gasteiger partial charge in [0.05, 0.1) is 10.7 Å². The van der Waals surface area contributed by atoms with Crippen molar-refractivity contribution in [2.75, 3.05) is 5.32 Å². The molecule has 0 heterocycles. The first kappa shape index (κ1) is 13.0. The molecule has 1 saturated carbocycles. The lowest BCUT2D eigenvalue weighted by atomic mass is 10.1. The molecule has 1 fully saturated rings. The van der Waals surface area contributed by atoms with E-state index in [0.717, 1.165) is 6.42 Å². The molecule has 2 atom stereocenters. The zero-order chi connectivity index (χ0) is 14.1. The van der Waals surface area contributed by atoms with Crippen LogP contribution in [0.4, 0.5) is 5.69 Å². The smallest absolute Gasteiger partial charge is 0.339 e. The minimum Gasteiger partial charge on any atom is -0.478 e. The molecule has 0 aromatic heterocycles. The van der Waals surface area contributed by atoms with E-state index in [1.165, 1.54) is 5.56 Å². The molecule has 0 amide bonds. The number of nitrogens with one attached hydrogen (secondary N) is 1. The number of hydrogen-bond acceptors (Lipinski definition) is 2. The summed E-state index contributed by atoms with van der Waals surface area (Å²) in [6.45, 7) is 0. The summed E-state index contributed by atoms with van der Waals surface area (Å²) in [5, 5.41) is 12.8. The van der Waals surface area contributed by atoms with Gasteiger partial charge in [-0.15, -0.1) is 0 Å². The molecular formula is C16H14ClNO2. The van der Waals surface area contributed by atoms with Gasteiger partial charge in [-0.05, 0) is 24.1 Å². The number of carbonyl (C=O) groups is 1. The molecule has 20 heavy (non-hydrogen) atoms. The number of carboxylic acid groups (broad SMARTS) is 1. The summed E-state index contributed by atoms with van der Waals surface area (Å²) < 4.78 is 0. The Morgan fingerprint density at radius 3 is 2.60 bits per heavy atom. The highest BCUT2D eigenvalue weighted by atomic mass is 35.5. The SMILES string of the molecule is O=C(O)c1c(Cl)cccc1NC1CC1c1ccccc1. The van der Waals surface area contributed by atoms with Crippen molar-refractivity contribution in [2.24, 2.45) is 0 Å². The first-order valence-electron chi connectivity index (χ1n) is 6.50. The van der Waals surface area contributed by atoms with Crippen molar-refractivity contribution < 1.29 is 9.90 Å². The molecule has 3 rings (SSSR count). The highest BCUT2D eigenvalue weighted by Crippen LogP contribution is 2.43. The summed E-state index contributed by atoms with van der Waals surface area (Å²) in [4.78, 5) is 11.3. The zero-order valence-electron chi connectivity index (χ0n) is 10.7. The molecule has 0 spiro atoms. The molecule has 2 aromatic rings. The predicted molar refractivity (Wildman–Crippen MR) is 79.6 cm³/mol. The second-order valence-corrected chi connectivity index (χ2v) is 5.38. The van der Waals surface area contributed by atoms with Gasteiger partial charge in [0.15, 0.2) is 0 Å². The lowest BCUT2D eigenvalue weighted by molar-refractivity contribution is 0.0698. The summed E-state index contributed by atoms with van der Waals surface area (Å²) in [6.07, 6.45) is 1.01. The first-order valence-corrected chi connectivity index (χ1v) is 6.88. The standard InChI is InChI=1S/C16H14ClNO2/c17-12-7-4-8-13(15(12)16(19)20)18-14-9-11(14)10-5-2-1-3-6-10/h1-8,11,14,18H,9H2,(H,19,20). The molecule has 2 N–H and O–H groups in total. The van der Waals surface area contributed by atoms with Crippen LogP contribution in [0.25, 0.3) is 0 Å². The minimum absolute atomic E-state index is 0.146. The molecule has 2 aromatic carbocycles. The van der Waals surface area contributed by atoms with Crippen LogP contribution in [0.2, 0.25) is 5.02 Å². The predicted octanol–water partition coefficient (Wildman–Crippen LogP) is 4.01. The van der Waals surface area contributed by atoms with Crippen LogP contribution in [0.3, 0.4) is 0 Å². The number of halogens is 1. The number of benzene rings is 2. The maximum Gasteiger partial charge on any atom is 0.339 e. The third-order valence-corrected chi connectivity index (χ3v) is 3.90. The third kappa shape index (κ3) is 2.49. The normalized spacial score (nSPS) is 20.4. The number of anilines is 1. The van der Waals surface area contributed by atoms with Gasteiger partial charge in [-0.25, -0.2) is 4.79 Å². The highest BCUT2D eigenvalue weighted by Gasteiger charge is 2.38. The second kappa shape index (κ2) is 5.17. The average Bonchev–Trinajstić information content (AvgIpc) is 3.18. The van der Waals surface area contributed by atoms with Crippen molar-refractivity contribution in [3.63, 3.8) is 0 Å². The van der Waals surface area contributed by atoms with Gasteiger partial charge in [0, 0.05) is 12.0 Å². The van der Waals surface area contributed by atoms with Crippen LogP contribution in [0.5, 0.6) is 0 Å². The van der Waals surface area contributed by atoms with Crippen molar-refractivity contribution in [3.8, 4) is 0 Å². The Morgan fingerprint density at radius 1 is 1.15 bits per heavy atom. The Labute approximate surface area is 122 Å². The zero-order valence-corrected chi connectivity index (χ0v) is 11.5. The van der Waals surface area contributed by atoms with Crippen LogP contribution < -0.4 is 5.32 Å². The van der Waals surface area contributed by atoms with Crippen LogP contribution in [-0.2, 0) is 0 Å². The topological polar surface area (TPSA) is 49.3 Å². The molecular weight excluding hydrogens is 274 g/mol. The molecule has 1 aliphatic rings. The largest absolute Gasteiger partial charge is 0.478 e. The Hall–Kier alpha value is -2.00. The van der Waals surface area contributed by atoms with Crippen LogP contribution in [0.15, 0.2) is 48.5 Å². The van der Waals surface area contributed by atoms with E-state index in [0.29, 0.717) is 11.6 Å². The number of hydrogen-bond donors (Lipinski definition) is 2. The quantitative estimate of drug-likeness (QED) is 0.893. The fourth-order valence-corrected chi connectivity index (χ4v) is 2.74. The molecule has 0 saturated heterocycles. The number of aromatic carboxylic acids is 1. The third-order valence-electron chi connectivity index (χ3n) is 3.59. The van der Waals surface area contributed by atoms with Crippen LogP contribution in [-0.4, -0.2) is 17.1 Å². The molecule has 0 bridgehead atoms. The summed E-state index contributed by atoms with van der Waals surface area (Å²) in [6, 6.07) is 15.6. The van der Waals surface area contributed by atoms with Gasteiger partial charge in [-0.3, -0.25) is 0 Å². The van der Waals surface area contributed by atoms with Crippen molar-refractivity contribution in [1.82, 2.24) is 0 Å². The van der Waals surface area contributed by atoms with E-state index < -0.39 is 5.97 Å². The van der Waals surface area contributed by atoms with Gasteiger partial charge in [0.1, 0.15) is 5.56 Å². The molecule has 0 aliphatic heterocycles. The van der Waals surface area contributed by atoms with Crippen molar-refractivity contribution in [3.05, 3.63) is 64.7 Å².